The van der Waals surface area contributed by atoms with Crippen molar-refractivity contribution in [1.29, 1.82) is 0 Å². The van der Waals surface area contributed by atoms with Crippen molar-refractivity contribution < 1.29 is 4.74 Å². The van der Waals surface area contributed by atoms with Crippen molar-refractivity contribution in [2.24, 2.45) is 11.7 Å². The molecule has 1 fully saturated rings. The smallest absolute Gasteiger partial charge is 0.119 e. The fraction of sp³-hybridized carbons (Fsp3) is 0.571. The van der Waals surface area contributed by atoms with Crippen LogP contribution in [0.5, 0.6) is 5.75 Å². The number of benzene rings is 1. The van der Waals surface area contributed by atoms with Crippen molar-refractivity contribution >= 4 is 0 Å². The average Bonchev–Trinajstić information content (AvgIpc) is 3.04. The van der Waals surface area contributed by atoms with Crippen LogP contribution in [0.1, 0.15) is 42.9 Å². The summed E-state index contributed by atoms with van der Waals surface area (Å²) in [7, 11) is 0. The molecule has 2 aliphatic carbocycles. The highest BCUT2D eigenvalue weighted by atomic mass is 16.5. The van der Waals surface area contributed by atoms with Crippen LogP contribution in [-0.2, 0) is 6.42 Å². The third-order valence-electron chi connectivity index (χ3n) is 3.73. The molecule has 0 amide bonds. The Morgan fingerprint density at radius 2 is 2.12 bits per heavy atom. The van der Waals surface area contributed by atoms with Gasteiger partial charge in [-0.3, -0.25) is 0 Å². The summed E-state index contributed by atoms with van der Waals surface area (Å²) in [6, 6.07) is 6.63. The third kappa shape index (κ3) is 2.07. The van der Waals surface area contributed by atoms with Crippen LogP contribution < -0.4 is 10.5 Å². The van der Waals surface area contributed by atoms with Crippen LogP contribution in [0.15, 0.2) is 18.2 Å². The number of hydrogen-bond acceptors (Lipinski definition) is 2. The Labute approximate surface area is 96.8 Å². The molecule has 3 rings (SSSR count). The van der Waals surface area contributed by atoms with Crippen LogP contribution in [0.3, 0.4) is 0 Å². The Morgan fingerprint density at radius 3 is 2.94 bits per heavy atom. The second-order valence-electron chi connectivity index (χ2n) is 5.09. The van der Waals surface area contributed by atoms with Crippen LogP contribution in [-0.4, -0.2) is 6.61 Å². The molecule has 1 aromatic carbocycles. The van der Waals surface area contributed by atoms with Gasteiger partial charge in [0, 0.05) is 6.04 Å². The molecular formula is C14H19NO. The molecule has 2 N–H and O–H groups in total. The molecule has 0 saturated heterocycles. The Bertz CT molecular complexity index is 384. The minimum atomic E-state index is 0.246. The molecule has 0 aliphatic heterocycles. The van der Waals surface area contributed by atoms with E-state index in [0.29, 0.717) is 0 Å². The number of aryl methyl sites for hydroxylation is 1. The van der Waals surface area contributed by atoms with Crippen molar-refractivity contribution in [3.05, 3.63) is 29.3 Å². The molecule has 0 unspecified atom stereocenters. The van der Waals surface area contributed by atoms with Gasteiger partial charge in [0.1, 0.15) is 5.75 Å². The van der Waals surface area contributed by atoms with E-state index in [9.17, 15) is 0 Å². The predicted octanol–water partition coefficient (Wildman–Crippen LogP) is 2.81. The number of rotatable bonds is 4. The lowest BCUT2D eigenvalue weighted by molar-refractivity contribution is 0.302. The lowest BCUT2D eigenvalue weighted by Gasteiger charge is -2.09. The van der Waals surface area contributed by atoms with Crippen molar-refractivity contribution in [2.45, 2.75) is 38.1 Å². The molecule has 2 nitrogen and oxygen atoms in total. The van der Waals surface area contributed by atoms with E-state index in [2.05, 4.69) is 18.2 Å². The number of ether oxygens (including phenoxy) is 1. The molecule has 1 saturated carbocycles. The lowest BCUT2D eigenvalue weighted by Crippen LogP contribution is -2.05. The van der Waals surface area contributed by atoms with E-state index in [-0.39, 0.29) is 6.04 Å². The van der Waals surface area contributed by atoms with E-state index in [1.807, 2.05) is 0 Å². The average molecular weight is 217 g/mol. The van der Waals surface area contributed by atoms with Gasteiger partial charge in [0.15, 0.2) is 0 Å². The zero-order valence-electron chi connectivity index (χ0n) is 9.61. The maximum atomic E-state index is 6.00. The summed E-state index contributed by atoms with van der Waals surface area (Å²) in [5, 5.41) is 0. The number of fused-ring (bicyclic) bond motifs is 1. The molecule has 2 heteroatoms. The maximum absolute atomic E-state index is 6.00. The van der Waals surface area contributed by atoms with E-state index >= 15 is 0 Å². The second kappa shape index (κ2) is 4.10. The summed E-state index contributed by atoms with van der Waals surface area (Å²) < 4.78 is 5.78. The van der Waals surface area contributed by atoms with Crippen LogP contribution in [0.4, 0.5) is 0 Å². The molecule has 0 bridgehead atoms. The number of nitrogens with two attached hydrogens (primary N) is 1. The molecular weight excluding hydrogens is 198 g/mol. The fourth-order valence-electron chi connectivity index (χ4n) is 2.47. The van der Waals surface area contributed by atoms with Crippen LogP contribution in [0.2, 0.25) is 0 Å². The highest BCUT2D eigenvalue weighted by Crippen LogP contribution is 2.34. The minimum absolute atomic E-state index is 0.246. The fourth-order valence-corrected chi connectivity index (χ4v) is 2.47. The molecule has 1 atom stereocenters. The molecule has 0 heterocycles. The summed E-state index contributed by atoms with van der Waals surface area (Å²) in [6.45, 7) is 0.871. The predicted molar refractivity (Wildman–Crippen MR) is 64.5 cm³/mol. The summed E-state index contributed by atoms with van der Waals surface area (Å²) in [6.07, 6.45) is 6.22. The van der Waals surface area contributed by atoms with E-state index in [1.54, 1.807) is 0 Å². The van der Waals surface area contributed by atoms with E-state index in [0.717, 1.165) is 31.1 Å². The van der Waals surface area contributed by atoms with Gasteiger partial charge in [-0.15, -0.1) is 0 Å². The first-order chi connectivity index (χ1) is 7.83. The van der Waals surface area contributed by atoms with Crippen molar-refractivity contribution in [3.8, 4) is 5.75 Å². The standard InChI is InChI=1S/C14H19NO/c15-14-6-3-11-9-12(4-5-13(11)14)16-8-7-10-1-2-10/h4-5,9-10,14H,1-3,6-8,15H2/t14-/m0/s1. The second-order valence-corrected chi connectivity index (χ2v) is 5.09. The molecule has 16 heavy (non-hydrogen) atoms. The van der Waals surface area contributed by atoms with Crippen LogP contribution in [0, 0.1) is 5.92 Å². The Kier molecular flexibility index (Phi) is 2.60. The molecule has 1 aromatic rings. The summed E-state index contributed by atoms with van der Waals surface area (Å²) >= 11 is 0. The van der Waals surface area contributed by atoms with Crippen LogP contribution >= 0.6 is 0 Å². The topological polar surface area (TPSA) is 35.2 Å². The Hall–Kier alpha value is -1.02. The molecule has 0 radical (unpaired) electrons. The van der Waals surface area contributed by atoms with Crippen molar-refractivity contribution in [1.82, 2.24) is 0 Å². The SMILES string of the molecule is N[C@H]1CCc2cc(OCCC3CC3)ccc21. The van der Waals surface area contributed by atoms with Crippen molar-refractivity contribution in [2.75, 3.05) is 6.61 Å². The first-order valence-corrected chi connectivity index (χ1v) is 6.34. The summed E-state index contributed by atoms with van der Waals surface area (Å²) in [5.74, 6) is 1.97. The van der Waals surface area contributed by atoms with Gasteiger partial charge in [-0.2, -0.15) is 0 Å². The Balaban J connectivity index is 1.62. The highest BCUT2D eigenvalue weighted by Gasteiger charge is 2.21. The van der Waals surface area contributed by atoms with Gasteiger partial charge in [-0.1, -0.05) is 18.9 Å². The molecule has 2 aliphatic rings. The summed E-state index contributed by atoms with van der Waals surface area (Å²) in [4.78, 5) is 0. The first-order valence-electron chi connectivity index (χ1n) is 6.34. The highest BCUT2D eigenvalue weighted by molar-refractivity contribution is 5.40. The molecule has 86 valence electrons. The van der Waals surface area contributed by atoms with Gasteiger partial charge in [0.2, 0.25) is 0 Å². The Morgan fingerprint density at radius 1 is 1.25 bits per heavy atom. The molecule has 0 aromatic heterocycles. The van der Waals surface area contributed by atoms with Crippen LogP contribution in [0.25, 0.3) is 0 Å². The van der Waals surface area contributed by atoms with Gasteiger partial charge >= 0.3 is 0 Å². The van der Waals surface area contributed by atoms with Gasteiger partial charge < -0.3 is 10.5 Å². The summed E-state index contributed by atoms with van der Waals surface area (Å²) in [5.41, 5.74) is 8.70. The van der Waals surface area contributed by atoms with Crippen molar-refractivity contribution in [3.63, 3.8) is 0 Å². The van der Waals surface area contributed by atoms with Gasteiger partial charge in [0.05, 0.1) is 6.61 Å². The van der Waals surface area contributed by atoms with E-state index in [4.69, 9.17) is 10.5 Å². The van der Waals surface area contributed by atoms with E-state index < -0.39 is 0 Å². The molecule has 0 spiro atoms. The lowest BCUT2D eigenvalue weighted by atomic mass is 10.1. The van der Waals surface area contributed by atoms with Gasteiger partial charge in [0.25, 0.3) is 0 Å². The number of hydrogen-bond donors (Lipinski definition) is 1. The van der Waals surface area contributed by atoms with Gasteiger partial charge in [-0.05, 0) is 48.4 Å². The normalized spacial score (nSPS) is 23.2. The first kappa shape index (κ1) is 10.2. The van der Waals surface area contributed by atoms with E-state index in [1.165, 1.54) is 30.4 Å². The quantitative estimate of drug-likeness (QED) is 0.841. The minimum Gasteiger partial charge on any atom is -0.494 e. The largest absolute Gasteiger partial charge is 0.494 e. The maximum Gasteiger partial charge on any atom is 0.119 e. The monoisotopic (exact) mass is 217 g/mol. The zero-order valence-corrected chi connectivity index (χ0v) is 9.61. The van der Waals surface area contributed by atoms with Gasteiger partial charge in [-0.25, -0.2) is 0 Å². The third-order valence-corrected chi connectivity index (χ3v) is 3.73. The zero-order chi connectivity index (χ0) is 11.0.